The lowest BCUT2D eigenvalue weighted by atomic mass is 9.93. The molecular weight excluding hydrogens is 507 g/mol. The lowest BCUT2D eigenvalue weighted by Crippen LogP contribution is -2.38. The van der Waals surface area contributed by atoms with Crippen molar-refractivity contribution >= 4 is 29.1 Å². The van der Waals surface area contributed by atoms with Crippen molar-refractivity contribution in [2.24, 2.45) is 0 Å². The molecule has 1 aromatic heterocycles. The third-order valence-corrected chi connectivity index (χ3v) is 6.83. The van der Waals surface area contributed by atoms with Gasteiger partial charge < -0.3 is 4.90 Å². The van der Waals surface area contributed by atoms with Crippen molar-refractivity contribution < 1.29 is 22.4 Å². The average molecular weight is 527 g/mol. The first-order valence-corrected chi connectivity index (χ1v) is 11.4. The summed E-state index contributed by atoms with van der Waals surface area (Å²) in [6, 6.07) is 9.44. The van der Waals surface area contributed by atoms with Gasteiger partial charge in [-0.25, -0.2) is 14.4 Å². The summed E-state index contributed by atoms with van der Waals surface area (Å²) in [5, 5.41) is 0.767. The number of rotatable bonds is 5. The van der Waals surface area contributed by atoms with Crippen molar-refractivity contribution in [3.63, 3.8) is 0 Å². The fourth-order valence-corrected chi connectivity index (χ4v) is 4.65. The number of alkyl halides is 3. The molecule has 35 heavy (non-hydrogen) atoms. The number of likely N-dealkylation sites (N-methyl/N-ethyl adjacent to an activating group) is 1. The quantitative estimate of drug-likeness (QED) is 0.401. The number of nitrogens with zero attached hydrogens (tertiary/aromatic N) is 4. The second-order valence-electron chi connectivity index (χ2n) is 8.38. The monoisotopic (exact) mass is 526 g/mol. The molecule has 1 aliphatic rings. The molecule has 5 nitrogen and oxygen atoms in total. The van der Waals surface area contributed by atoms with Crippen LogP contribution in [0.3, 0.4) is 0 Å². The molecule has 0 radical (unpaired) electrons. The van der Waals surface area contributed by atoms with Crippen LogP contribution >= 0.6 is 23.2 Å². The van der Waals surface area contributed by atoms with E-state index >= 15 is 0 Å². The molecule has 4 rings (SSSR count). The first-order chi connectivity index (χ1) is 16.5. The number of aromatic nitrogens is 2. The van der Waals surface area contributed by atoms with Crippen LogP contribution in [0.1, 0.15) is 33.1 Å². The van der Waals surface area contributed by atoms with E-state index in [0.29, 0.717) is 28.7 Å². The number of amides is 1. The molecule has 2 unspecified atom stereocenters. The van der Waals surface area contributed by atoms with Crippen LogP contribution in [0.2, 0.25) is 10.0 Å². The summed E-state index contributed by atoms with van der Waals surface area (Å²) >= 11 is 12.3. The summed E-state index contributed by atoms with van der Waals surface area (Å²) in [5.74, 6) is -1.77. The van der Waals surface area contributed by atoms with Crippen molar-refractivity contribution in [2.45, 2.75) is 24.7 Å². The van der Waals surface area contributed by atoms with Gasteiger partial charge in [-0.15, -0.1) is 0 Å². The third kappa shape index (κ3) is 5.58. The highest BCUT2D eigenvalue weighted by atomic mass is 35.5. The standard InChI is InChI=1S/C24H20Cl2F4N4O/c1-33(10-14-2-4-17(20(27)8-14)24(28,29)30)22-12-34(23(35)21-6-7-31-13-32-21)11-16(22)15-3-5-18(25)19(26)9-15/h2-9,13,16,22H,10-12H2,1H3. The van der Waals surface area contributed by atoms with Crippen LogP contribution in [0.15, 0.2) is 55.0 Å². The molecule has 0 N–H and O–H groups in total. The molecule has 2 aromatic carbocycles. The largest absolute Gasteiger partial charge is 0.419 e. The Morgan fingerprint density at radius 3 is 2.51 bits per heavy atom. The molecule has 2 heterocycles. The predicted octanol–water partition coefficient (Wildman–Crippen LogP) is 5.68. The fourth-order valence-electron chi connectivity index (χ4n) is 4.34. The molecule has 0 bridgehead atoms. The molecule has 184 valence electrons. The fraction of sp³-hybridized carbons (Fsp3) is 0.292. The minimum absolute atomic E-state index is 0.174. The van der Waals surface area contributed by atoms with E-state index < -0.39 is 17.6 Å². The van der Waals surface area contributed by atoms with Gasteiger partial charge in [0, 0.05) is 37.8 Å². The summed E-state index contributed by atoms with van der Waals surface area (Å²) in [5.41, 5.74) is 0.181. The number of carbonyl (C=O) groups is 1. The van der Waals surface area contributed by atoms with Crippen molar-refractivity contribution in [2.75, 3.05) is 20.1 Å². The molecule has 0 saturated carbocycles. The van der Waals surface area contributed by atoms with Gasteiger partial charge in [0.05, 0.1) is 15.6 Å². The summed E-state index contributed by atoms with van der Waals surface area (Å²) < 4.78 is 52.9. The summed E-state index contributed by atoms with van der Waals surface area (Å²) in [4.78, 5) is 24.5. The summed E-state index contributed by atoms with van der Waals surface area (Å²) in [6.45, 7) is 0.859. The maximum Gasteiger partial charge on any atom is 0.419 e. The Balaban J connectivity index is 1.61. The molecule has 11 heteroatoms. The van der Waals surface area contributed by atoms with Crippen LogP contribution in [0.5, 0.6) is 0 Å². The predicted molar refractivity (Wildman–Crippen MR) is 124 cm³/mol. The first-order valence-electron chi connectivity index (χ1n) is 10.6. The zero-order valence-electron chi connectivity index (χ0n) is 18.4. The van der Waals surface area contributed by atoms with Gasteiger partial charge in [0.15, 0.2) is 0 Å². The van der Waals surface area contributed by atoms with E-state index in [1.807, 2.05) is 11.0 Å². The molecule has 1 saturated heterocycles. The van der Waals surface area contributed by atoms with E-state index in [9.17, 15) is 22.4 Å². The number of carbonyl (C=O) groups excluding carboxylic acids is 1. The van der Waals surface area contributed by atoms with Crippen LogP contribution < -0.4 is 0 Å². The molecule has 1 amide bonds. The van der Waals surface area contributed by atoms with Crippen molar-refractivity contribution in [3.8, 4) is 0 Å². The molecule has 0 spiro atoms. The smallest absolute Gasteiger partial charge is 0.335 e. The van der Waals surface area contributed by atoms with E-state index in [4.69, 9.17) is 23.2 Å². The maximum atomic E-state index is 14.1. The highest BCUT2D eigenvalue weighted by molar-refractivity contribution is 6.42. The SMILES string of the molecule is CN(Cc1ccc(C(F)(F)F)c(F)c1)C1CN(C(=O)c2ccncn2)CC1c1ccc(Cl)c(Cl)c1. The number of hydrogen-bond donors (Lipinski definition) is 0. The zero-order valence-corrected chi connectivity index (χ0v) is 19.9. The molecule has 3 aromatic rings. The molecule has 2 atom stereocenters. The Kier molecular flexibility index (Phi) is 7.30. The second-order valence-corrected chi connectivity index (χ2v) is 9.19. The highest BCUT2D eigenvalue weighted by Gasteiger charge is 2.39. The highest BCUT2D eigenvalue weighted by Crippen LogP contribution is 2.36. The normalized spacial score (nSPS) is 18.3. The Morgan fingerprint density at radius 1 is 1.11 bits per heavy atom. The van der Waals surface area contributed by atoms with Gasteiger partial charge in [0.1, 0.15) is 17.8 Å². The average Bonchev–Trinajstić information content (AvgIpc) is 3.26. The van der Waals surface area contributed by atoms with Crippen molar-refractivity contribution in [3.05, 3.63) is 93.2 Å². The minimum atomic E-state index is -4.76. The van der Waals surface area contributed by atoms with E-state index in [2.05, 4.69) is 9.97 Å². The molecule has 1 fully saturated rings. The number of halogens is 6. The number of benzene rings is 2. The molecule has 1 aliphatic heterocycles. The lowest BCUT2D eigenvalue weighted by molar-refractivity contribution is -0.140. The second kappa shape index (κ2) is 10.1. The molecular formula is C24H20Cl2F4N4O. The van der Waals surface area contributed by atoms with E-state index in [1.54, 1.807) is 24.1 Å². The van der Waals surface area contributed by atoms with Gasteiger partial charge in [-0.1, -0.05) is 35.3 Å². The van der Waals surface area contributed by atoms with Crippen LogP contribution in [-0.2, 0) is 12.7 Å². The van der Waals surface area contributed by atoms with E-state index in [1.165, 1.54) is 24.7 Å². The first kappa shape index (κ1) is 25.3. The molecule has 0 aliphatic carbocycles. The lowest BCUT2D eigenvalue weighted by Gasteiger charge is -2.29. The number of hydrogen-bond acceptors (Lipinski definition) is 4. The summed E-state index contributed by atoms with van der Waals surface area (Å²) in [6.07, 6.45) is -1.99. The van der Waals surface area contributed by atoms with Crippen molar-refractivity contribution in [1.29, 1.82) is 0 Å². The van der Waals surface area contributed by atoms with Gasteiger partial charge in [-0.05, 0) is 48.5 Å². The van der Waals surface area contributed by atoms with Gasteiger partial charge >= 0.3 is 6.18 Å². The van der Waals surface area contributed by atoms with Crippen LogP contribution in [-0.4, -0.2) is 51.9 Å². The van der Waals surface area contributed by atoms with Crippen LogP contribution in [0, 0.1) is 5.82 Å². The van der Waals surface area contributed by atoms with Gasteiger partial charge in [0.25, 0.3) is 5.91 Å². The van der Waals surface area contributed by atoms with E-state index in [-0.39, 0.29) is 30.1 Å². The van der Waals surface area contributed by atoms with Gasteiger partial charge in [-0.3, -0.25) is 9.69 Å². The Bertz CT molecular complexity index is 1230. The Morgan fingerprint density at radius 2 is 1.89 bits per heavy atom. The zero-order chi connectivity index (χ0) is 25.3. The minimum Gasteiger partial charge on any atom is -0.335 e. The topological polar surface area (TPSA) is 49.3 Å². The van der Waals surface area contributed by atoms with Crippen molar-refractivity contribution in [1.82, 2.24) is 19.8 Å². The van der Waals surface area contributed by atoms with Gasteiger partial charge in [0.2, 0.25) is 0 Å². The maximum absolute atomic E-state index is 14.1. The van der Waals surface area contributed by atoms with Gasteiger partial charge in [-0.2, -0.15) is 13.2 Å². The summed E-state index contributed by atoms with van der Waals surface area (Å²) in [7, 11) is 1.78. The van der Waals surface area contributed by atoms with Crippen LogP contribution in [0.25, 0.3) is 0 Å². The Labute approximate surface area is 209 Å². The third-order valence-electron chi connectivity index (χ3n) is 6.09. The number of likely N-dealkylation sites (tertiary alicyclic amines) is 1. The van der Waals surface area contributed by atoms with E-state index in [0.717, 1.165) is 17.7 Å². The van der Waals surface area contributed by atoms with Crippen LogP contribution in [0.4, 0.5) is 17.6 Å². The Hall–Kier alpha value is -2.75.